The second kappa shape index (κ2) is 6.87. The first-order valence-electron chi connectivity index (χ1n) is 6.11. The largest absolute Gasteiger partial charge is 0.260 e. The second-order valence-corrected chi connectivity index (χ2v) is 7.16. The molecular formula is C12H14BrClN4O2S. The zero-order valence-electron chi connectivity index (χ0n) is 11.2. The summed E-state index contributed by atoms with van der Waals surface area (Å²) in [5, 5.41) is 7.32. The van der Waals surface area contributed by atoms with Gasteiger partial charge in [-0.15, -0.1) is 16.7 Å². The molecule has 0 aliphatic rings. The summed E-state index contributed by atoms with van der Waals surface area (Å²) in [6.07, 6.45) is 0.506. The van der Waals surface area contributed by atoms with Crippen molar-refractivity contribution in [3.05, 3.63) is 40.5 Å². The molecule has 0 saturated carbocycles. The molecular weight excluding hydrogens is 380 g/mol. The van der Waals surface area contributed by atoms with Gasteiger partial charge in [0.2, 0.25) is 5.03 Å². The van der Waals surface area contributed by atoms with Gasteiger partial charge < -0.3 is 0 Å². The normalized spacial score (nSPS) is 13.3. The van der Waals surface area contributed by atoms with Gasteiger partial charge >= 0.3 is 0 Å². The highest BCUT2D eigenvalue weighted by atomic mass is 79.9. The summed E-state index contributed by atoms with van der Waals surface area (Å²) in [6.45, 7) is 0. The Bertz CT molecular complexity index is 686. The lowest BCUT2D eigenvalue weighted by Gasteiger charge is -2.16. The number of nitrogens with one attached hydrogen (secondary N) is 1. The zero-order chi connectivity index (χ0) is 15.5. The molecule has 0 aliphatic heterocycles. The lowest BCUT2D eigenvalue weighted by atomic mass is 10.1. The van der Waals surface area contributed by atoms with Gasteiger partial charge in [0.25, 0.3) is 10.0 Å². The molecule has 1 aromatic heterocycles. The number of sulfonamides is 1. The Balaban J connectivity index is 2.18. The Kier molecular flexibility index (Phi) is 5.37. The Labute approximate surface area is 136 Å². The van der Waals surface area contributed by atoms with Crippen LogP contribution in [0.5, 0.6) is 0 Å². The fourth-order valence-electron chi connectivity index (χ4n) is 1.91. The smallest absolute Gasteiger partial charge is 0.235 e. The van der Waals surface area contributed by atoms with E-state index in [1.165, 1.54) is 11.7 Å². The molecule has 0 aliphatic carbocycles. The topological polar surface area (TPSA) is 76.9 Å². The lowest BCUT2D eigenvalue weighted by Crippen LogP contribution is -2.38. The van der Waals surface area contributed by atoms with Crippen molar-refractivity contribution < 1.29 is 8.42 Å². The van der Waals surface area contributed by atoms with Crippen LogP contribution in [0.2, 0.25) is 0 Å². The first-order valence-corrected chi connectivity index (χ1v) is 8.92. The van der Waals surface area contributed by atoms with E-state index in [-0.39, 0.29) is 15.5 Å². The number of aromatic nitrogens is 3. The number of halogens is 2. The minimum absolute atomic E-state index is 0.0225. The number of benzene rings is 1. The average molecular weight is 394 g/mol. The van der Waals surface area contributed by atoms with E-state index in [1.807, 2.05) is 30.3 Å². The highest BCUT2D eigenvalue weighted by Crippen LogP contribution is 2.18. The summed E-state index contributed by atoms with van der Waals surface area (Å²) in [4.78, 5) is 0. The minimum Gasteiger partial charge on any atom is -0.235 e. The fourth-order valence-corrected chi connectivity index (χ4v) is 4.52. The summed E-state index contributed by atoms with van der Waals surface area (Å²) < 4.78 is 28.7. The van der Waals surface area contributed by atoms with Crippen molar-refractivity contribution >= 4 is 37.6 Å². The Hall–Kier alpha value is -0.960. The van der Waals surface area contributed by atoms with Crippen molar-refractivity contribution in [2.45, 2.75) is 17.5 Å². The highest BCUT2D eigenvalue weighted by Gasteiger charge is 2.26. The van der Waals surface area contributed by atoms with E-state index in [1.54, 1.807) is 0 Å². The van der Waals surface area contributed by atoms with E-state index < -0.39 is 16.1 Å². The predicted molar refractivity (Wildman–Crippen MR) is 83.7 cm³/mol. The number of aryl methyl sites for hydroxylation is 1. The maximum absolute atomic E-state index is 12.4. The van der Waals surface area contributed by atoms with Gasteiger partial charge in [0.15, 0.2) is 4.60 Å². The maximum atomic E-state index is 12.4. The van der Waals surface area contributed by atoms with E-state index in [0.717, 1.165) is 5.56 Å². The molecule has 1 atom stereocenters. The first kappa shape index (κ1) is 16.4. The summed E-state index contributed by atoms with van der Waals surface area (Å²) in [5.41, 5.74) is 1.01. The van der Waals surface area contributed by atoms with E-state index in [9.17, 15) is 8.42 Å². The Morgan fingerprint density at radius 2 is 2.05 bits per heavy atom. The number of nitrogens with zero attached hydrogens (tertiary/aromatic N) is 3. The molecule has 21 heavy (non-hydrogen) atoms. The van der Waals surface area contributed by atoms with Crippen LogP contribution in [0.15, 0.2) is 40.0 Å². The molecule has 0 fully saturated rings. The number of alkyl halides is 1. The predicted octanol–water partition coefficient (Wildman–Crippen LogP) is 1.71. The molecule has 2 rings (SSSR count). The van der Waals surface area contributed by atoms with Crippen LogP contribution in [0.1, 0.15) is 5.56 Å². The molecule has 9 heteroatoms. The molecule has 0 radical (unpaired) electrons. The molecule has 0 bridgehead atoms. The van der Waals surface area contributed by atoms with Crippen molar-refractivity contribution in [2.75, 3.05) is 5.88 Å². The van der Waals surface area contributed by atoms with Gasteiger partial charge in [0.1, 0.15) is 0 Å². The van der Waals surface area contributed by atoms with Crippen LogP contribution in [-0.2, 0) is 23.5 Å². The van der Waals surface area contributed by atoms with Crippen LogP contribution in [0, 0.1) is 0 Å². The lowest BCUT2D eigenvalue weighted by molar-refractivity contribution is 0.543. The molecule has 6 nitrogen and oxygen atoms in total. The van der Waals surface area contributed by atoms with Crippen LogP contribution in [0.3, 0.4) is 0 Å². The van der Waals surface area contributed by atoms with Gasteiger partial charge in [-0.1, -0.05) is 35.5 Å². The van der Waals surface area contributed by atoms with Crippen LogP contribution in [0.4, 0.5) is 0 Å². The fraction of sp³-hybridized carbons (Fsp3) is 0.333. The molecule has 2 aromatic rings. The standard InChI is InChI=1S/C12H14BrClN4O2S/c1-18-12(11(13)15-17-18)21(19,20)16-10(8-14)7-9-5-3-2-4-6-9/h2-6,10,16H,7-8H2,1H3. The summed E-state index contributed by atoms with van der Waals surface area (Å²) in [6, 6.07) is 9.14. The molecule has 0 saturated heterocycles. The van der Waals surface area contributed by atoms with E-state index in [2.05, 4.69) is 31.0 Å². The third-order valence-electron chi connectivity index (χ3n) is 2.82. The third-order valence-corrected chi connectivity index (χ3v) is 5.60. The third kappa shape index (κ3) is 4.03. The van der Waals surface area contributed by atoms with Crippen LogP contribution in [0.25, 0.3) is 0 Å². The highest BCUT2D eigenvalue weighted by molar-refractivity contribution is 9.10. The number of rotatable bonds is 6. The van der Waals surface area contributed by atoms with E-state index in [0.29, 0.717) is 6.42 Å². The van der Waals surface area contributed by atoms with Gasteiger partial charge in [-0.05, 0) is 27.9 Å². The second-order valence-electron chi connectivity index (χ2n) is 4.47. The van der Waals surface area contributed by atoms with Crippen LogP contribution < -0.4 is 4.72 Å². The van der Waals surface area contributed by atoms with Crippen molar-refractivity contribution in [3.8, 4) is 0 Å². The van der Waals surface area contributed by atoms with E-state index in [4.69, 9.17) is 11.6 Å². The van der Waals surface area contributed by atoms with Gasteiger partial charge in [-0.25, -0.2) is 17.8 Å². The molecule has 0 spiro atoms. The zero-order valence-corrected chi connectivity index (χ0v) is 14.4. The number of hydrogen-bond acceptors (Lipinski definition) is 4. The maximum Gasteiger partial charge on any atom is 0.260 e. The summed E-state index contributed by atoms with van der Waals surface area (Å²) >= 11 is 8.97. The first-order chi connectivity index (χ1) is 9.94. The number of hydrogen-bond donors (Lipinski definition) is 1. The molecule has 1 N–H and O–H groups in total. The van der Waals surface area contributed by atoms with Crippen LogP contribution >= 0.6 is 27.5 Å². The summed E-state index contributed by atoms with van der Waals surface area (Å²) in [5.74, 6) is 0.164. The molecule has 1 heterocycles. The Morgan fingerprint density at radius 1 is 1.38 bits per heavy atom. The van der Waals surface area contributed by atoms with Crippen molar-refractivity contribution in [1.29, 1.82) is 0 Å². The molecule has 114 valence electrons. The Morgan fingerprint density at radius 3 is 2.57 bits per heavy atom. The van der Waals surface area contributed by atoms with E-state index >= 15 is 0 Å². The molecule has 1 unspecified atom stereocenters. The van der Waals surface area contributed by atoms with Gasteiger partial charge in [-0.2, -0.15) is 0 Å². The van der Waals surface area contributed by atoms with Crippen molar-refractivity contribution in [3.63, 3.8) is 0 Å². The quantitative estimate of drug-likeness (QED) is 0.758. The van der Waals surface area contributed by atoms with Gasteiger partial charge in [0.05, 0.1) is 0 Å². The molecule has 1 aromatic carbocycles. The van der Waals surface area contributed by atoms with Crippen molar-refractivity contribution in [1.82, 2.24) is 19.7 Å². The van der Waals surface area contributed by atoms with Gasteiger partial charge in [0, 0.05) is 19.0 Å². The van der Waals surface area contributed by atoms with Crippen LogP contribution in [-0.4, -0.2) is 35.3 Å². The average Bonchev–Trinajstić information content (AvgIpc) is 2.79. The summed E-state index contributed by atoms with van der Waals surface area (Å²) in [7, 11) is -2.24. The minimum atomic E-state index is -3.75. The SMILES string of the molecule is Cn1nnc(Br)c1S(=O)(=O)NC(CCl)Cc1ccccc1. The van der Waals surface area contributed by atoms with Gasteiger partial charge in [-0.3, -0.25) is 0 Å². The van der Waals surface area contributed by atoms with Crippen molar-refractivity contribution in [2.24, 2.45) is 7.05 Å². The monoisotopic (exact) mass is 392 g/mol. The molecule has 0 amide bonds.